The molecule has 0 unspecified atom stereocenters. The number of nitrogens with two attached hydrogens (primary N) is 1. The van der Waals surface area contributed by atoms with E-state index in [-0.39, 0.29) is 17.2 Å². The summed E-state index contributed by atoms with van der Waals surface area (Å²) in [7, 11) is 1.60. The molecule has 94 valence electrons. The predicted molar refractivity (Wildman–Crippen MR) is 73.2 cm³/mol. The van der Waals surface area contributed by atoms with Gasteiger partial charge < -0.3 is 15.8 Å². The molecule has 18 heavy (non-hydrogen) atoms. The van der Waals surface area contributed by atoms with Crippen molar-refractivity contribution in [3.05, 3.63) is 28.0 Å². The molecule has 0 aliphatic heterocycles. The minimum Gasteiger partial charge on any atom is -0.496 e. The molecule has 6 nitrogen and oxygen atoms in total. The number of nitrogen functional groups attached to an aromatic ring is 1. The van der Waals surface area contributed by atoms with Crippen LogP contribution in [0.25, 0.3) is 0 Å². The fraction of sp³-hybridized carbons (Fsp3) is 0.100. The Bertz CT molecular complexity index is 560. The number of methoxy groups -OCH3 is 1. The molecule has 0 radical (unpaired) electrons. The van der Waals surface area contributed by atoms with Crippen LogP contribution in [-0.2, 0) is 0 Å². The van der Waals surface area contributed by atoms with Crippen LogP contribution in [0.3, 0.4) is 0 Å². The second kappa shape index (κ2) is 5.36. The summed E-state index contributed by atoms with van der Waals surface area (Å²) < 4.78 is 5.94. The van der Waals surface area contributed by atoms with E-state index in [0.717, 1.165) is 15.9 Å². The van der Waals surface area contributed by atoms with Gasteiger partial charge in [0, 0.05) is 5.69 Å². The molecule has 2 aromatic rings. The fourth-order valence-electron chi connectivity index (χ4n) is 1.29. The molecule has 8 heteroatoms. The van der Waals surface area contributed by atoms with E-state index in [1.54, 1.807) is 13.2 Å². The van der Waals surface area contributed by atoms with Gasteiger partial charge >= 0.3 is 0 Å². The Kier molecular flexibility index (Phi) is 3.83. The third-order valence-corrected chi connectivity index (χ3v) is 2.82. The summed E-state index contributed by atoms with van der Waals surface area (Å²) in [6.45, 7) is 0. The minimum atomic E-state index is 0.0394. The topological polar surface area (TPSA) is 86.0 Å². The van der Waals surface area contributed by atoms with Gasteiger partial charge in [-0.05, 0) is 45.7 Å². The van der Waals surface area contributed by atoms with Crippen molar-refractivity contribution < 1.29 is 4.74 Å². The predicted octanol–water partition coefficient (Wildman–Crippen LogP) is 2.62. The van der Waals surface area contributed by atoms with Gasteiger partial charge in [0.1, 0.15) is 5.75 Å². The summed E-state index contributed by atoms with van der Waals surface area (Å²) in [5.74, 6) is 1.07. The van der Waals surface area contributed by atoms with E-state index >= 15 is 0 Å². The molecule has 1 heterocycles. The molecule has 2 rings (SSSR count). The van der Waals surface area contributed by atoms with Gasteiger partial charge in [0.05, 0.1) is 11.6 Å². The molecule has 0 amide bonds. The maximum Gasteiger partial charge on any atom is 0.233 e. The quantitative estimate of drug-likeness (QED) is 0.899. The van der Waals surface area contributed by atoms with Crippen LogP contribution in [0.5, 0.6) is 5.75 Å². The van der Waals surface area contributed by atoms with E-state index in [2.05, 4.69) is 36.2 Å². The molecule has 0 saturated heterocycles. The third kappa shape index (κ3) is 2.99. The zero-order valence-electron chi connectivity index (χ0n) is 9.32. The maximum absolute atomic E-state index is 5.68. The van der Waals surface area contributed by atoms with Gasteiger partial charge in [0.2, 0.25) is 17.2 Å². The van der Waals surface area contributed by atoms with Crippen molar-refractivity contribution in [3.63, 3.8) is 0 Å². The summed E-state index contributed by atoms with van der Waals surface area (Å²) in [5.41, 5.74) is 6.24. The number of hydrogen-bond donors (Lipinski definition) is 2. The number of anilines is 3. The SMILES string of the molecule is COc1ccc(Nc2nc(N)nc(Cl)n2)cc1Br. The molecule has 0 atom stereocenters. The lowest BCUT2D eigenvalue weighted by Crippen LogP contribution is -2.03. The molecule has 0 bridgehead atoms. The molecule has 0 saturated carbocycles. The minimum absolute atomic E-state index is 0.0394. The van der Waals surface area contributed by atoms with E-state index in [1.807, 2.05) is 12.1 Å². The normalized spacial score (nSPS) is 10.2. The van der Waals surface area contributed by atoms with E-state index in [9.17, 15) is 0 Å². The summed E-state index contributed by atoms with van der Waals surface area (Å²) in [6, 6.07) is 5.45. The average Bonchev–Trinajstić information content (AvgIpc) is 2.27. The van der Waals surface area contributed by atoms with Crippen molar-refractivity contribution >= 4 is 45.1 Å². The highest BCUT2D eigenvalue weighted by Crippen LogP contribution is 2.28. The number of nitrogens with one attached hydrogen (secondary N) is 1. The molecule has 1 aromatic carbocycles. The van der Waals surface area contributed by atoms with Gasteiger partial charge in [-0.3, -0.25) is 0 Å². The van der Waals surface area contributed by atoms with Gasteiger partial charge in [0.15, 0.2) is 0 Å². The van der Waals surface area contributed by atoms with Gasteiger partial charge in [-0.25, -0.2) is 0 Å². The zero-order valence-corrected chi connectivity index (χ0v) is 11.7. The maximum atomic E-state index is 5.68. The second-order valence-electron chi connectivity index (χ2n) is 3.26. The Morgan fingerprint density at radius 1 is 1.33 bits per heavy atom. The van der Waals surface area contributed by atoms with Crippen molar-refractivity contribution in [2.75, 3.05) is 18.2 Å². The molecule has 0 fully saturated rings. The lowest BCUT2D eigenvalue weighted by Gasteiger charge is -2.08. The Hall–Kier alpha value is -1.60. The van der Waals surface area contributed by atoms with E-state index in [1.165, 1.54) is 0 Å². The number of halogens is 2. The summed E-state index contributed by atoms with van der Waals surface area (Å²) >= 11 is 9.06. The summed E-state index contributed by atoms with van der Waals surface area (Å²) in [5, 5.41) is 3.00. The number of aromatic nitrogens is 3. The van der Waals surface area contributed by atoms with E-state index in [0.29, 0.717) is 0 Å². The molecule has 0 aliphatic carbocycles. The standard InChI is InChI=1S/C10H9BrClN5O/c1-18-7-3-2-5(4-6(7)11)14-10-16-8(12)15-9(13)17-10/h2-4H,1H3,(H3,13,14,15,16,17). The first-order chi connectivity index (χ1) is 8.58. The Balaban J connectivity index is 2.25. The van der Waals surface area contributed by atoms with Crippen molar-refractivity contribution in [3.8, 4) is 5.75 Å². The van der Waals surface area contributed by atoms with Crippen LogP contribution in [0.15, 0.2) is 22.7 Å². The van der Waals surface area contributed by atoms with Gasteiger partial charge in [-0.2, -0.15) is 15.0 Å². The molecular weight excluding hydrogens is 322 g/mol. The van der Waals surface area contributed by atoms with Crippen LogP contribution >= 0.6 is 27.5 Å². The van der Waals surface area contributed by atoms with Gasteiger partial charge in [-0.1, -0.05) is 0 Å². The van der Waals surface area contributed by atoms with Crippen LogP contribution < -0.4 is 15.8 Å². The van der Waals surface area contributed by atoms with Crippen LogP contribution in [0.4, 0.5) is 17.6 Å². The van der Waals surface area contributed by atoms with Crippen molar-refractivity contribution in [2.24, 2.45) is 0 Å². The Morgan fingerprint density at radius 2 is 2.11 bits per heavy atom. The highest BCUT2D eigenvalue weighted by atomic mass is 79.9. The largest absolute Gasteiger partial charge is 0.496 e. The molecule has 0 spiro atoms. The average molecular weight is 331 g/mol. The van der Waals surface area contributed by atoms with Gasteiger partial charge in [-0.15, -0.1) is 0 Å². The van der Waals surface area contributed by atoms with E-state index in [4.69, 9.17) is 22.1 Å². The molecular formula is C10H9BrClN5O. The number of nitrogens with zero attached hydrogens (tertiary/aromatic N) is 3. The van der Waals surface area contributed by atoms with Gasteiger partial charge in [0.25, 0.3) is 0 Å². The highest BCUT2D eigenvalue weighted by Gasteiger charge is 2.05. The second-order valence-corrected chi connectivity index (χ2v) is 4.45. The number of rotatable bonds is 3. The van der Waals surface area contributed by atoms with Crippen LogP contribution in [-0.4, -0.2) is 22.1 Å². The Morgan fingerprint density at radius 3 is 2.72 bits per heavy atom. The summed E-state index contributed by atoms with van der Waals surface area (Å²) in [4.78, 5) is 11.5. The monoisotopic (exact) mass is 329 g/mol. The fourth-order valence-corrected chi connectivity index (χ4v) is 2.00. The summed E-state index contributed by atoms with van der Waals surface area (Å²) in [6.07, 6.45) is 0. The van der Waals surface area contributed by atoms with Crippen molar-refractivity contribution in [2.45, 2.75) is 0 Å². The highest BCUT2D eigenvalue weighted by molar-refractivity contribution is 9.10. The van der Waals surface area contributed by atoms with Crippen LogP contribution in [0.1, 0.15) is 0 Å². The molecule has 0 aliphatic rings. The Labute approximate surface area is 117 Å². The first-order valence-corrected chi connectivity index (χ1v) is 6.03. The zero-order chi connectivity index (χ0) is 13.1. The number of ether oxygens (including phenoxy) is 1. The number of benzene rings is 1. The first-order valence-electron chi connectivity index (χ1n) is 4.86. The van der Waals surface area contributed by atoms with E-state index < -0.39 is 0 Å². The third-order valence-electron chi connectivity index (χ3n) is 2.03. The first kappa shape index (κ1) is 12.8. The van der Waals surface area contributed by atoms with Crippen molar-refractivity contribution in [1.29, 1.82) is 0 Å². The number of hydrogen-bond acceptors (Lipinski definition) is 6. The molecule has 1 aromatic heterocycles. The smallest absolute Gasteiger partial charge is 0.233 e. The molecule has 3 N–H and O–H groups in total. The van der Waals surface area contributed by atoms with Crippen LogP contribution in [0.2, 0.25) is 5.28 Å². The lowest BCUT2D eigenvalue weighted by molar-refractivity contribution is 0.412. The van der Waals surface area contributed by atoms with Crippen LogP contribution in [0, 0.1) is 0 Å². The lowest BCUT2D eigenvalue weighted by atomic mass is 10.3. The van der Waals surface area contributed by atoms with Crippen molar-refractivity contribution in [1.82, 2.24) is 15.0 Å².